The number of rotatable bonds is 3. The fourth-order valence-corrected chi connectivity index (χ4v) is 2.46. The van der Waals surface area contributed by atoms with Gasteiger partial charge in [0.1, 0.15) is 0 Å². The van der Waals surface area contributed by atoms with E-state index in [4.69, 9.17) is 11.6 Å². The summed E-state index contributed by atoms with van der Waals surface area (Å²) in [4.78, 5) is 16.2. The number of pyridine rings is 1. The molecule has 0 aliphatic heterocycles. The predicted octanol–water partition coefficient (Wildman–Crippen LogP) is 5.44. The molecule has 4 heteroatoms. The molecule has 0 aliphatic carbocycles. The molecular formula is C19H21ClN2O. The minimum absolute atomic E-state index is 0.122. The van der Waals surface area contributed by atoms with Crippen LogP contribution in [0.1, 0.15) is 43.6 Å². The van der Waals surface area contributed by atoms with Gasteiger partial charge in [-0.05, 0) is 47.7 Å². The molecule has 0 unspecified atom stereocenters. The van der Waals surface area contributed by atoms with Gasteiger partial charge >= 0.3 is 0 Å². The molecule has 120 valence electrons. The fraction of sp³-hybridized carbons (Fsp3) is 0.263. The monoisotopic (exact) mass is 328 g/mol. The number of carbonyl (C=O) groups is 1. The first-order valence-corrected chi connectivity index (χ1v) is 7.86. The molecule has 3 nitrogen and oxygen atoms in total. The van der Waals surface area contributed by atoms with Crippen LogP contribution in [0.4, 0.5) is 5.69 Å². The van der Waals surface area contributed by atoms with E-state index in [1.54, 1.807) is 18.3 Å². The smallest absolute Gasteiger partial charge is 0.255 e. The Kier molecular flexibility index (Phi) is 5.22. The molecule has 1 aromatic heterocycles. The zero-order chi connectivity index (χ0) is 17.0. The van der Waals surface area contributed by atoms with Crippen LogP contribution in [0.15, 0.2) is 48.7 Å². The number of anilines is 1. The lowest BCUT2D eigenvalue weighted by molar-refractivity contribution is 0.102. The van der Waals surface area contributed by atoms with E-state index in [9.17, 15) is 4.79 Å². The number of nitrogens with zero attached hydrogens (tertiary/aromatic N) is 1. The Hall–Kier alpha value is -2.13. The van der Waals surface area contributed by atoms with Crippen molar-refractivity contribution in [2.24, 2.45) is 5.41 Å². The standard InChI is InChI=1S/C19H21ClN2O/c1-13(12-19(2,3)4)14-7-9-15(10-8-14)18(23)22-16-6-5-11-21-17(16)20/h5-12H,1-4H3,(H,22,23). The number of hydrogen-bond donors (Lipinski definition) is 1. The topological polar surface area (TPSA) is 42.0 Å². The molecule has 0 fully saturated rings. The van der Waals surface area contributed by atoms with Crippen LogP contribution in [0.5, 0.6) is 0 Å². The van der Waals surface area contributed by atoms with Crippen molar-refractivity contribution in [2.75, 3.05) is 5.32 Å². The van der Waals surface area contributed by atoms with E-state index in [1.165, 1.54) is 5.57 Å². The zero-order valence-corrected chi connectivity index (χ0v) is 14.6. The maximum atomic E-state index is 12.3. The number of hydrogen-bond acceptors (Lipinski definition) is 2. The lowest BCUT2D eigenvalue weighted by Crippen LogP contribution is -2.12. The third kappa shape index (κ3) is 4.93. The summed E-state index contributed by atoms with van der Waals surface area (Å²) < 4.78 is 0. The van der Waals surface area contributed by atoms with E-state index in [1.807, 2.05) is 24.3 Å². The second-order valence-corrected chi connectivity index (χ2v) is 6.92. The summed E-state index contributed by atoms with van der Waals surface area (Å²) in [5.74, 6) is -0.205. The molecule has 0 bridgehead atoms. The third-order valence-electron chi connectivity index (χ3n) is 3.26. The van der Waals surface area contributed by atoms with E-state index in [2.05, 4.69) is 44.1 Å². The number of halogens is 1. The number of aromatic nitrogens is 1. The predicted molar refractivity (Wildman–Crippen MR) is 96.7 cm³/mol. The zero-order valence-electron chi connectivity index (χ0n) is 13.9. The van der Waals surface area contributed by atoms with Crippen LogP contribution in [0.25, 0.3) is 5.57 Å². The SMILES string of the molecule is CC(=CC(C)(C)C)c1ccc(C(=O)Nc2cccnc2Cl)cc1. The average molecular weight is 329 g/mol. The summed E-state index contributed by atoms with van der Waals surface area (Å²) in [6, 6.07) is 11.0. The van der Waals surface area contributed by atoms with Gasteiger partial charge in [-0.1, -0.05) is 50.6 Å². The Balaban J connectivity index is 2.15. The van der Waals surface area contributed by atoms with Crippen molar-refractivity contribution in [3.05, 3.63) is 65.0 Å². The minimum Gasteiger partial charge on any atom is -0.319 e. The van der Waals surface area contributed by atoms with Crippen molar-refractivity contribution in [3.8, 4) is 0 Å². The summed E-state index contributed by atoms with van der Waals surface area (Å²) in [5, 5.41) is 3.04. The first kappa shape index (κ1) is 17.2. The van der Waals surface area contributed by atoms with Crippen molar-refractivity contribution in [1.29, 1.82) is 0 Å². The van der Waals surface area contributed by atoms with Gasteiger partial charge in [0.05, 0.1) is 5.69 Å². The van der Waals surface area contributed by atoms with Crippen LogP contribution in [0.3, 0.4) is 0 Å². The molecule has 0 atom stereocenters. The van der Waals surface area contributed by atoms with E-state index in [0.29, 0.717) is 11.3 Å². The van der Waals surface area contributed by atoms with Crippen LogP contribution in [-0.2, 0) is 0 Å². The van der Waals surface area contributed by atoms with E-state index in [-0.39, 0.29) is 16.5 Å². The highest BCUT2D eigenvalue weighted by Crippen LogP contribution is 2.24. The second kappa shape index (κ2) is 6.97. The average Bonchev–Trinajstić information content (AvgIpc) is 2.48. The van der Waals surface area contributed by atoms with Crippen LogP contribution in [0.2, 0.25) is 5.15 Å². The molecule has 2 rings (SSSR count). The molecule has 0 spiro atoms. The van der Waals surface area contributed by atoms with Gasteiger partial charge in [-0.3, -0.25) is 4.79 Å². The molecule has 1 heterocycles. The summed E-state index contributed by atoms with van der Waals surface area (Å²) in [7, 11) is 0. The first-order chi connectivity index (χ1) is 10.8. The van der Waals surface area contributed by atoms with Crippen LogP contribution in [0, 0.1) is 5.41 Å². The molecule has 1 N–H and O–H groups in total. The number of benzene rings is 1. The van der Waals surface area contributed by atoms with Crippen LogP contribution >= 0.6 is 11.6 Å². The molecule has 1 amide bonds. The van der Waals surface area contributed by atoms with E-state index in [0.717, 1.165) is 5.56 Å². The minimum atomic E-state index is -0.205. The summed E-state index contributed by atoms with van der Waals surface area (Å²) in [5.41, 5.74) is 3.51. The second-order valence-electron chi connectivity index (χ2n) is 6.57. The largest absolute Gasteiger partial charge is 0.319 e. The first-order valence-electron chi connectivity index (χ1n) is 7.48. The Bertz CT molecular complexity index is 728. The van der Waals surface area contributed by atoms with Gasteiger partial charge in [-0.25, -0.2) is 4.98 Å². The van der Waals surface area contributed by atoms with Gasteiger partial charge in [-0.2, -0.15) is 0 Å². The van der Waals surface area contributed by atoms with Crippen LogP contribution < -0.4 is 5.32 Å². The fourth-order valence-electron chi connectivity index (χ4n) is 2.29. The number of nitrogens with one attached hydrogen (secondary N) is 1. The van der Waals surface area contributed by atoms with Crippen LogP contribution in [-0.4, -0.2) is 10.9 Å². The van der Waals surface area contributed by atoms with Crippen molar-refractivity contribution in [3.63, 3.8) is 0 Å². The van der Waals surface area contributed by atoms with Gasteiger partial charge in [0.25, 0.3) is 5.91 Å². The normalized spacial score (nSPS) is 12.1. The molecule has 2 aromatic rings. The highest BCUT2D eigenvalue weighted by molar-refractivity contribution is 6.32. The van der Waals surface area contributed by atoms with Crippen molar-refractivity contribution in [2.45, 2.75) is 27.7 Å². The molecule has 23 heavy (non-hydrogen) atoms. The maximum Gasteiger partial charge on any atom is 0.255 e. The van der Waals surface area contributed by atoms with Gasteiger partial charge < -0.3 is 5.32 Å². The quantitative estimate of drug-likeness (QED) is 0.762. The van der Waals surface area contributed by atoms with Gasteiger partial charge in [0, 0.05) is 11.8 Å². The molecule has 1 aromatic carbocycles. The third-order valence-corrected chi connectivity index (χ3v) is 3.56. The highest BCUT2D eigenvalue weighted by atomic mass is 35.5. The summed E-state index contributed by atoms with van der Waals surface area (Å²) in [6.07, 6.45) is 3.80. The van der Waals surface area contributed by atoms with Gasteiger partial charge in [0.15, 0.2) is 5.15 Å². The Morgan fingerprint density at radius 3 is 2.30 bits per heavy atom. The Labute approximate surface area is 142 Å². The van der Waals surface area contributed by atoms with Crippen molar-refractivity contribution in [1.82, 2.24) is 4.98 Å². The molecular weight excluding hydrogens is 308 g/mol. The maximum absolute atomic E-state index is 12.3. The van der Waals surface area contributed by atoms with Gasteiger partial charge in [-0.15, -0.1) is 0 Å². The van der Waals surface area contributed by atoms with Crippen molar-refractivity contribution < 1.29 is 4.79 Å². The van der Waals surface area contributed by atoms with E-state index >= 15 is 0 Å². The lowest BCUT2D eigenvalue weighted by Gasteiger charge is -2.14. The van der Waals surface area contributed by atoms with Crippen molar-refractivity contribution >= 4 is 28.8 Å². The number of amides is 1. The van der Waals surface area contributed by atoms with E-state index < -0.39 is 0 Å². The Morgan fingerprint density at radius 1 is 1.13 bits per heavy atom. The summed E-state index contributed by atoms with van der Waals surface area (Å²) in [6.45, 7) is 8.57. The Morgan fingerprint density at radius 2 is 1.74 bits per heavy atom. The van der Waals surface area contributed by atoms with Gasteiger partial charge in [0.2, 0.25) is 0 Å². The lowest BCUT2D eigenvalue weighted by atomic mass is 9.91. The molecule has 0 radical (unpaired) electrons. The number of allylic oxidation sites excluding steroid dienone is 2. The summed E-state index contributed by atoms with van der Waals surface area (Å²) >= 11 is 5.95. The highest BCUT2D eigenvalue weighted by Gasteiger charge is 2.10. The number of carbonyl (C=O) groups excluding carboxylic acids is 1. The molecule has 0 saturated carbocycles. The molecule has 0 aliphatic rings. The molecule has 0 saturated heterocycles.